The van der Waals surface area contributed by atoms with Gasteiger partial charge in [0.15, 0.2) is 0 Å². The molecule has 4 heteroatoms. The third-order valence-electron chi connectivity index (χ3n) is 12.5. The van der Waals surface area contributed by atoms with Crippen LogP contribution in [0.4, 0.5) is 17.1 Å². The van der Waals surface area contributed by atoms with Crippen molar-refractivity contribution in [2.45, 2.75) is 0 Å². The maximum absolute atomic E-state index is 6.84. The first kappa shape index (κ1) is 35.3. The summed E-state index contributed by atoms with van der Waals surface area (Å²) in [7, 11) is 0. The first-order valence-corrected chi connectivity index (χ1v) is 22.6. The maximum Gasteiger partial charge on any atom is 0.137 e. The topological polar surface area (TPSA) is 16.4 Å². The number of hydrogen-bond donors (Lipinski definition) is 0. The van der Waals surface area contributed by atoms with Gasteiger partial charge in [0, 0.05) is 74.2 Å². The van der Waals surface area contributed by atoms with E-state index in [2.05, 4.69) is 217 Å². The van der Waals surface area contributed by atoms with Crippen LogP contribution in [0.1, 0.15) is 0 Å². The van der Waals surface area contributed by atoms with Crippen LogP contribution in [0, 0.1) is 0 Å². The minimum absolute atomic E-state index is 0.860. The number of rotatable bonds is 6. The molecule has 290 valence electrons. The van der Waals surface area contributed by atoms with Crippen molar-refractivity contribution in [2.75, 3.05) is 4.90 Å². The zero-order valence-electron chi connectivity index (χ0n) is 33.4. The first-order valence-electron chi connectivity index (χ1n) is 21.0. The Morgan fingerprint density at radius 1 is 0.323 bits per heavy atom. The van der Waals surface area contributed by atoms with Crippen LogP contribution in [0.2, 0.25) is 0 Å². The van der Waals surface area contributed by atoms with Gasteiger partial charge in [-0.05, 0) is 111 Å². The van der Waals surface area contributed by atoms with Crippen LogP contribution in [0.5, 0.6) is 0 Å². The molecule has 0 saturated carbocycles. The molecule has 0 atom stereocenters. The Hall–Kier alpha value is -7.50. The van der Waals surface area contributed by atoms with Gasteiger partial charge in [-0.2, -0.15) is 0 Å². The molecular weight excluding hydrogens is 791 g/mol. The minimum Gasteiger partial charge on any atom is -0.456 e. The van der Waals surface area contributed by atoms with Crippen molar-refractivity contribution in [3.8, 4) is 33.4 Å². The predicted molar refractivity (Wildman–Crippen MR) is 268 cm³/mol. The number of furan rings is 1. The van der Waals surface area contributed by atoms with Crippen molar-refractivity contribution in [3.63, 3.8) is 0 Å². The molecule has 0 bridgehead atoms. The van der Waals surface area contributed by atoms with Crippen LogP contribution in [0.15, 0.2) is 217 Å². The van der Waals surface area contributed by atoms with Crippen molar-refractivity contribution < 1.29 is 4.42 Å². The molecule has 10 aromatic carbocycles. The van der Waals surface area contributed by atoms with Crippen LogP contribution >= 0.6 is 22.7 Å². The number of hydrogen-bond acceptors (Lipinski definition) is 4. The van der Waals surface area contributed by atoms with Crippen molar-refractivity contribution in [2.24, 2.45) is 0 Å². The van der Waals surface area contributed by atoms with Gasteiger partial charge in [0.05, 0.1) is 0 Å². The highest BCUT2D eigenvalue weighted by atomic mass is 32.1. The molecule has 0 aliphatic carbocycles. The van der Waals surface area contributed by atoms with Crippen molar-refractivity contribution in [1.29, 1.82) is 0 Å². The van der Waals surface area contributed by atoms with Gasteiger partial charge in [0.2, 0.25) is 0 Å². The highest BCUT2D eigenvalue weighted by Gasteiger charge is 2.20. The second-order valence-corrected chi connectivity index (χ2v) is 18.1. The van der Waals surface area contributed by atoms with E-state index in [0.29, 0.717) is 0 Å². The predicted octanol–water partition coefficient (Wildman–Crippen LogP) is 17.9. The molecule has 3 heterocycles. The summed E-state index contributed by atoms with van der Waals surface area (Å²) >= 11 is 3.78. The first-order chi connectivity index (χ1) is 30.7. The highest BCUT2D eigenvalue weighted by Crippen LogP contribution is 2.48. The third-order valence-corrected chi connectivity index (χ3v) is 14.8. The van der Waals surface area contributed by atoms with E-state index in [4.69, 9.17) is 4.42 Å². The summed E-state index contributed by atoms with van der Waals surface area (Å²) in [5.41, 5.74) is 12.1. The third kappa shape index (κ3) is 5.61. The lowest BCUT2D eigenvalue weighted by molar-refractivity contribution is 0.669. The molecule has 0 fully saturated rings. The van der Waals surface area contributed by atoms with E-state index in [-0.39, 0.29) is 0 Å². The Morgan fingerprint density at radius 3 is 1.74 bits per heavy atom. The average Bonchev–Trinajstić information content (AvgIpc) is 4.03. The summed E-state index contributed by atoms with van der Waals surface area (Å²) in [4.78, 5) is 2.33. The highest BCUT2D eigenvalue weighted by molar-refractivity contribution is 7.29. The van der Waals surface area contributed by atoms with Crippen LogP contribution in [0.3, 0.4) is 0 Å². The molecule has 62 heavy (non-hydrogen) atoms. The molecule has 0 N–H and O–H groups in total. The molecular formula is C58H35NOS2. The van der Waals surface area contributed by atoms with Gasteiger partial charge in [-0.15, -0.1) is 22.7 Å². The molecule has 0 unspecified atom stereocenters. The summed E-state index contributed by atoms with van der Waals surface area (Å²) in [5.74, 6) is 0. The Labute approximate surface area is 365 Å². The lowest BCUT2D eigenvalue weighted by atomic mass is 9.97. The number of fused-ring (bicyclic) bond motifs is 11. The Bertz CT molecular complexity index is 3850. The van der Waals surface area contributed by atoms with E-state index in [0.717, 1.165) is 44.6 Å². The molecule has 13 rings (SSSR count). The Kier molecular flexibility index (Phi) is 7.99. The lowest BCUT2D eigenvalue weighted by Gasteiger charge is -2.26. The summed E-state index contributed by atoms with van der Waals surface area (Å²) < 4.78 is 12.2. The fourth-order valence-electron chi connectivity index (χ4n) is 9.55. The number of benzene rings is 10. The van der Waals surface area contributed by atoms with Crippen LogP contribution in [0.25, 0.3) is 106 Å². The normalized spacial score (nSPS) is 11.9. The van der Waals surface area contributed by atoms with Gasteiger partial charge in [-0.1, -0.05) is 140 Å². The van der Waals surface area contributed by atoms with E-state index >= 15 is 0 Å². The zero-order valence-corrected chi connectivity index (χ0v) is 35.0. The summed E-state index contributed by atoms with van der Waals surface area (Å²) in [6.45, 7) is 0. The number of thiophene rings is 2. The molecule has 0 saturated heterocycles. The summed E-state index contributed by atoms with van der Waals surface area (Å²) in [6.07, 6.45) is 0. The second-order valence-electron chi connectivity index (χ2n) is 16.0. The number of nitrogens with zero attached hydrogens (tertiary/aromatic N) is 1. The van der Waals surface area contributed by atoms with Crippen LogP contribution in [-0.4, -0.2) is 0 Å². The van der Waals surface area contributed by atoms with E-state index < -0.39 is 0 Å². The van der Waals surface area contributed by atoms with Gasteiger partial charge < -0.3 is 9.32 Å². The monoisotopic (exact) mass is 825 g/mol. The number of anilines is 3. The minimum atomic E-state index is 0.860. The largest absolute Gasteiger partial charge is 0.456 e. The van der Waals surface area contributed by atoms with E-state index in [9.17, 15) is 0 Å². The SMILES string of the molecule is c1ccc(-c2ccc(N(c3ccc(-c4cccc5ccccc45)cc3)c3ccc4c(c3)oc3cc(-c5cccc6sc7ccc8c9ccccc9sc8c7c56)ccc34)cc2)cc1. The van der Waals surface area contributed by atoms with Gasteiger partial charge in [0.1, 0.15) is 11.2 Å². The van der Waals surface area contributed by atoms with Gasteiger partial charge in [-0.25, -0.2) is 0 Å². The van der Waals surface area contributed by atoms with Gasteiger partial charge in [-0.3, -0.25) is 0 Å². The maximum atomic E-state index is 6.84. The van der Waals surface area contributed by atoms with Gasteiger partial charge >= 0.3 is 0 Å². The van der Waals surface area contributed by atoms with Crippen LogP contribution in [-0.2, 0) is 0 Å². The molecule has 0 spiro atoms. The standard InChI is InChI=1S/C58H35NOS2/c1-2-10-36(11-3-1)37-20-25-41(26-21-37)59(42-27-22-39(23-28-42)45-16-8-13-38-12-4-5-14-44(38)45)43-29-31-48-47-30-24-40(34-51(47)60-52(48)35-43)46-17-9-19-54-56(46)57-55(61-54)33-32-50-49-15-6-7-18-53(49)62-58(50)57/h1-35H. The quantitative estimate of drug-likeness (QED) is 0.166. The van der Waals surface area contributed by atoms with E-state index in [1.807, 2.05) is 22.7 Å². The van der Waals surface area contributed by atoms with Crippen molar-refractivity contribution in [3.05, 3.63) is 212 Å². The van der Waals surface area contributed by atoms with Crippen molar-refractivity contribution in [1.82, 2.24) is 0 Å². The smallest absolute Gasteiger partial charge is 0.137 e. The fraction of sp³-hybridized carbons (Fsp3) is 0. The van der Waals surface area contributed by atoms with Crippen molar-refractivity contribution >= 4 is 113 Å². The molecule has 0 radical (unpaired) electrons. The Morgan fingerprint density at radius 2 is 0.903 bits per heavy atom. The molecule has 0 aliphatic heterocycles. The van der Waals surface area contributed by atoms with E-state index in [1.54, 1.807) is 0 Å². The van der Waals surface area contributed by atoms with Crippen LogP contribution < -0.4 is 4.90 Å². The van der Waals surface area contributed by atoms with E-state index in [1.165, 1.54) is 78.9 Å². The average molecular weight is 826 g/mol. The molecule has 2 nitrogen and oxygen atoms in total. The molecule has 13 aromatic rings. The molecule has 0 amide bonds. The fourth-order valence-corrected chi connectivity index (χ4v) is 12.0. The lowest BCUT2D eigenvalue weighted by Crippen LogP contribution is -2.09. The van der Waals surface area contributed by atoms with Gasteiger partial charge in [0.25, 0.3) is 0 Å². The summed E-state index contributed by atoms with van der Waals surface area (Å²) in [6, 6.07) is 77.1. The Balaban J connectivity index is 0.929. The zero-order chi connectivity index (χ0) is 40.7. The molecule has 3 aromatic heterocycles. The molecule has 0 aliphatic rings. The summed E-state index contributed by atoms with van der Waals surface area (Å²) in [5, 5.41) is 10.1. The second kappa shape index (κ2) is 14.0.